The number of para-hydroxylation sites is 1. The summed E-state index contributed by atoms with van der Waals surface area (Å²) in [7, 11) is 0. The fourth-order valence-corrected chi connectivity index (χ4v) is 3.15. The van der Waals surface area contributed by atoms with Crippen molar-refractivity contribution in [2.75, 3.05) is 0 Å². The van der Waals surface area contributed by atoms with Crippen LogP contribution in [0.3, 0.4) is 0 Å². The lowest BCUT2D eigenvalue weighted by Crippen LogP contribution is -2.19. The molecule has 0 spiro atoms. The van der Waals surface area contributed by atoms with Crippen molar-refractivity contribution in [3.8, 4) is 23.8 Å². The molecule has 0 saturated heterocycles. The van der Waals surface area contributed by atoms with Crippen LogP contribution in [0.25, 0.3) is 0 Å². The molecule has 3 rings (SSSR count). The van der Waals surface area contributed by atoms with Crippen LogP contribution >= 0.6 is 0 Å². The summed E-state index contributed by atoms with van der Waals surface area (Å²) in [6.07, 6.45) is 8.48. The highest BCUT2D eigenvalue weighted by Gasteiger charge is 2.23. The van der Waals surface area contributed by atoms with Crippen LogP contribution in [0, 0.1) is 18.2 Å². The van der Waals surface area contributed by atoms with Gasteiger partial charge in [-0.15, -0.1) is 6.42 Å². The Hall–Kier alpha value is -3.05. The van der Waals surface area contributed by atoms with Crippen molar-refractivity contribution in [1.29, 1.82) is 0 Å². The average molecular weight is 358 g/mol. The Morgan fingerprint density at radius 3 is 2.33 bits per heavy atom. The summed E-state index contributed by atoms with van der Waals surface area (Å²) in [5.41, 5.74) is 1.79. The Balaban J connectivity index is 1.62. The minimum atomic E-state index is -0.397. The molecule has 2 heteroatoms. The van der Waals surface area contributed by atoms with Gasteiger partial charge in [0.05, 0.1) is 5.41 Å². The fraction of sp³-hybridized carbons (Fsp3) is 0.200. The summed E-state index contributed by atoms with van der Waals surface area (Å²) < 4.78 is 19.1. The van der Waals surface area contributed by atoms with E-state index in [0.29, 0.717) is 0 Å². The summed E-state index contributed by atoms with van der Waals surface area (Å²) >= 11 is 0. The maximum atomic E-state index is 13.2. The lowest BCUT2D eigenvalue weighted by Gasteiger charge is -2.24. The van der Waals surface area contributed by atoms with Crippen molar-refractivity contribution in [2.45, 2.75) is 31.6 Å². The Bertz CT molecular complexity index is 909. The van der Waals surface area contributed by atoms with E-state index in [1.165, 1.54) is 17.7 Å². The van der Waals surface area contributed by atoms with Gasteiger partial charge in [-0.1, -0.05) is 48.4 Å². The van der Waals surface area contributed by atoms with E-state index in [0.717, 1.165) is 36.3 Å². The number of halogens is 1. The summed E-state index contributed by atoms with van der Waals surface area (Å²) in [6.45, 7) is 2.04. The van der Waals surface area contributed by atoms with Crippen LogP contribution in [0.4, 0.5) is 4.39 Å². The average Bonchev–Trinajstić information content (AvgIpc) is 2.69. The fourth-order valence-electron chi connectivity index (χ4n) is 3.15. The molecule has 0 radical (unpaired) electrons. The maximum absolute atomic E-state index is 13.2. The third kappa shape index (κ3) is 4.99. The Labute approximate surface area is 160 Å². The first kappa shape index (κ1) is 18.7. The molecule has 3 aromatic rings. The summed E-state index contributed by atoms with van der Waals surface area (Å²) in [5, 5.41) is 0. The zero-order valence-electron chi connectivity index (χ0n) is 15.5. The molecule has 0 bridgehead atoms. The first-order valence-electron chi connectivity index (χ1n) is 9.15. The SMILES string of the molecule is C#CC(C)(CCCc1cccc(Oc2ccccc2)c1)c1ccc(F)cc1. The molecule has 1 atom stereocenters. The molecule has 0 aliphatic rings. The van der Waals surface area contributed by atoms with Gasteiger partial charge >= 0.3 is 0 Å². The van der Waals surface area contributed by atoms with Gasteiger partial charge in [-0.05, 0) is 73.7 Å². The van der Waals surface area contributed by atoms with E-state index in [2.05, 4.69) is 18.1 Å². The number of ether oxygens (including phenoxy) is 1. The zero-order valence-corrected chi connectivity index (χ0v) is 15.5. The molecule has 0 heterocycles. The van der Waals surface area contributed by atoms with Gasteiger partial charge in [-0.2, -0.15) is 0 Å². The van der Waals surface area contributed by atoms with Crippen LogP contribution < -0.4 is 4.74 Å². The predicted octanol–water partition coefficient (Wildman–Crippen LogP) is 6.53. The summed E-state index contributed by atoms with van der Waals surface area (Å²) in [4.78, 5) is 0. The van der Waals surface area contributed by atoms with Crippen LogP contribution in [-0.4, -0.2) is 0 Å². The van der Waals surface area contributed by atoms with Crippen LogP contribution in [0.5, 0.6) is 11.5 Å². The maximum Gasteiger partial charge on any atom is 0.127 e. The van der Waals surface area contributed by atoms with Crippen molar-refractivity contribution in [3.05, 3.63) is 95.8 Å². The second-order valence-electron chi connectivity index (χ2n) is 6.90. The molecule has 0 N–H and O–H groups in total. The second kappa shape index (κ2) is 8.56. The van der Waals surface area contributed by atoms with Gasteiger partial charge < -0.3 is 4.74 Å². The summed E-state index contributed by atoms with van der Waals surface area (Å²) in [5.74, 6) is 4.31. The molecule has 27 heavy (non-hydrogen) atoms. The summed E-state index contributed by atoms with van der Waals surface area (Å²) in [6, 6.07) is 24.4. The van der Waals surface area contributed by atoms with Crippen molar-refractivity contribution in [2.24, 2.45) is 0 Å². The molecule has 0 saturated carbocycles. The smallest absolute Gasteiger partial charge is 0.127 e. The molecule has 136 valence electrons. The van der Waals surface area contributed by atoms with Crippen LogP contribution in [0.2, 0.25) is 0 Å². The largest absolute Gasteiger partial charge is 0.457 e. The molecule has 3 aromatic carbocycles. The third-order valence-corrected chi connectivity index (χ3v) is 4.82. The van der Waals surface area contributed by atoms with Crippen molar-refractivity contribution < 1.29 is 9.13 Å². The van der Waals surface area contributed by atoms with E-state index in [1.54, 1.807) is 12.1 Å². The van der Waals surface area contributed by atoms with E-state index in [1.807, 2.05) is 49.4 Å². The van der Waals surface area contributed by atoms with Crippen LogP contribution in [0.1, 0.15) is 30.9 Å². The van der Waals surface area contributed by atoms with Gasteiger partial charge in [0.2, 0.25) is 0 Å². The van der Waals surface area contributed by atoms with E-state index in [-0.39, 0.29) is 5.82 Å². The molecular formula is C25H23FO. The second-order valence-corrected chi connectivity index (χ2v) is 6.90. The Morgan fingerprint density at radius 2 is 1.63 bits per heavy atom. The van der Waals surface area contributed by atoms with Gasteiger partial charge in [0.25, 0.3) is 0 Å². The number of rotatable bonds is 7. The minimum absolute atomic E-state index is 0.242. The van der Waals surface area contributed by atoms with Gasteiger partial charge in [-0.3, -0.25) is 0 Å². The lowest BCUT2D eigenvalue weighted by atomic mass is 9.78. The van der Waals surface area contributed by atoms with Crippen molar-refractivity contribution >= 4 is 0 Å². The molecule has 0 aliphatic heterocycles. The molecule has 1 nitrogen and oxygen atoms in total. The lowest BCUT2D eigenvalue weighted by molar-refractivity contribution is 0.481. The highest BCUT2D eigenvalue weighted by atomic mass is 19.1. The molecule has 0 amide bonds. The predicted molar refractivity (Wildman–Crippen MR) is 108 cm³/mol. The van der Waals surface area contributed by atoms with E-state index >= 15 is 0 Å². The van der Waals surface area contributed by atoms with Crippen molar-refractivity contribution in [1.82, 2.24) is 0 Å². The Morgan fingerprint density at radius 1 is 0.926 bits per heavy atom. The van der Waals surface area contributed by atoms with E-state index in [4.69, 9.17) is 11.2 Å². The van der Waals surface area contributed by atoms with E-state index in [9.17, 15) is 4.39 Å². The number of hydrogen-bond donors (Lipinski definition) is 0. The van der Waals surface area contributed by atoms with Crippen LogP contribution in [0.15, 0.2) is 78.9 Å². The molecular weight excluding hydrogens is 335 g/mol. The zero-order chi connectivity index (χ0) is 19.1. The third-order valence-electron chi connectivity index (χ3n) is 4.82. The van der Waals surface area contributed by atoms with Crippen molar-refractivity contribution in [3.63, 3.8) is 0 Å². The molecule has 1 unspecified atom stereocenters. The van der Waals surface area contributed by atoms with E-state index < -0.39 is 5.41 Å². The number of terminal acetylenes is 1. The van der Waals surface area contributed by atoms with Gasteiger partial charge in [0, 0.05) is 0 Å². The normalized spacial score (nSPS) is 12.8. The highest BCUT2D eigenvalue weighted by molar-refractivity contribution is 5.35. The van der Waals surface area contributed by atoms with Crippen LogP contribution in [-0.2, 0) is 11.8 Å². The topological polar surface area (TPSA) is 9.23 Å². The standard InChI is InChI=1S/C25H23FO/c1-3-25(2,21-14-16-22(26)17-15-21)18-8-10-20-9-7-13-24(19-20)27-23-11-5-4-6-12-23/h1,4-7,9,11-17,19H,8,10,18H2,2H3. The van der Waals surface area contributed by atoms with Gasteiger partial charge in [0.1, 0.15) is 17.3 Å². The quantitative estimate of drug-likeness (QED) is 0.436. The monoisotopic (exact) mass is 358 g/mol. The first-order valence-corrected chi connectivity index (χ1v) is 9.15. The minimum Gasteiger partial charge on any atom is -0.457 e. The number of hydrogen-bond acceptors (Lipinski definition) is 1. The molecule has 0 aromatic heterocycles. The van der Waals surface area contributed by atoms with Gasteiger partial charge in [0.15, 0.2) is 0 Å². The highest BCUT2D eigenvalue weighted by Crippen LogP contribution is 2.30. The molecule has 0 fully saturated rings. The van der Waals surface area contributed by atoms with Gasteiger partial charge in [-0.25, -0.2) is 4.39 Å². The first-order chi connectivity index (χ1) is 13.1. The number of benzene rings is 3. The molecule has 0 aliphatic carbocycles. The Kier molecular flexibility index (Phi) is 5.94. The number of aryl methyl sites for hydroxylation is 1.